The molecule has 3 aromatic carbocycles. The predicted molar refractivity (Wildman–Crippen MR) is 129 cm³/mol. The number of benzene rings is 3. The first-order chi connectivity index (χ1) is 16.6. The number of carbonyl (C=O) groups excluding carboxylic acids is 1. The smallest absolute Gasteiger partial charge is 0.420 e. The molecule has 2 heterocycles. The zero-order valence-corrected chi connectivity index (χ0v) is 19.7. The molecule has 0 unspecified atom stereocenters. The highest BCUT2D eigenvalue weighted by Crippen LogP contribution is 2.52. The number of fused-ring (bicyclic) bond motifs is 2. The number of H-pyrrole nitrogens is 1. The number of nitrogens with one attached hydrogen (secondary N) is 2. The lowest BCUT2D eigenvalue weighted by Crippen LogP contribution is -2.63. The first-order valence-corrected chi connectivity index (χ1v) is 11.3. The number of carbonyl (C=O) groups is 1. The van der Waals surface area contributed by atoms with Gasteiger partial charge in [-0.1, -0.05) is 41.4 Å². The summed E-state index contributed by atoms with van der Waals surface area (Å²) in [7, 11) is 1.53. The van der Waals surface area contributed by atoms with Crippen LogP contribution in [0.1, 0.15) is 16.7 Å². The molecule has 0 aliphatic carbocycles. The number of hydrogen-bond donors (Lipinski definition) is 2. The second kappa shape index (κ2) is 8.39. The largest absolute Gasteiger partial charge is 0.497 e. The van der Waals surface area contributed by atoms with Crippen molar-refractivity contribution in [1.29, 1.82) is 0 Å². The number of alkyl halides is 3. The third-order valence-corrected chi connectivity index (χ3v) is 6.64. The highest BCUT2D eigenvalue weighted by Gasteiger charge is 2.62. The zero-order valence-electron chi connectivity index (χ0n) is 18.2. The molecule has 0 spiro atoms. The van der Waals surface area contributed by atoms with Crippen LogP contribution in [0.5, 0.6) is 5.75 Å². The molecule has 35 heavy (non-hydrogen) atoms. The van der Waals surface area contributed by atoms with Crippen LogP contribution < -0.4 is 15.0 Å². The van der Waals surface area contributed by atoms with Crippen LogP contribution in [0.15, 0.2) is 66.9 Å². The lowest BCUT2D eigenvalue weighted by Gasteiger charge is -2.44. The Labute approximate surface area is 208 Å². The highest BCUT2D eigenvalue weighted by molar-refractivity contribution is 6.31. The molecule has 1 aliphatic rings. The second-order valence-corrected chi connectivity index (χ2v) is 9.04. The van der Waals surface area contributed by atoms with Gasteiger partial charge in [0.05, 0.1) is 19.3 Å². The average Bonchev–Trinajstić information content (AvgIpc) is 3.23. The van der Waals surface area contributed by atoms with E-state index >= 15 is 13.2 Å². The number of methoxy groups -OCH3 is 1. The SMILES string of the molecule is COc1ccc(CN2C(=O)N[C@](c3c[nH]c4cc(Cl)ccc34)(C(F)(F)F)c3cc(Cl)ccc32)cc1. The molecule has 0 saturated carbocycles. The van der Waals surface area contributed by atoms with Crippen molar-refractivity contribution in [3.8, 4) is 5.75 Å². The van der Waals surface area contributed by atoms with Gasteiger partial charge in [0.2, 0.25) is 0 Å². The van der Waals surface area contributed by atoms with Crippen molar-refractivity contribution in [2.75, 3.05) is 12.0 Å². The molecule has 0 saturated heterocycles. The Morgan fingerprint density at radius 1 is 0.971 bits per heavy atom. The van der Waals surface area contributed by atoms with E-state index in [0.29, 0.717) is 21.9 Å². The fourth-order valence-electron chi connectivity index (χ4n) is 4.52. The first-order valence-electron chi connectivity index (χ1n) is 10.5. The van der Waals surface area contributed by atoms with E-state index in [-0.39, 0.29) is 33.8 Å². The first kappa shape index (κ1) is 23.4. The van der Waals surface area contributed by atoms with Gasteiger partial charge < -0.3 is 15.0 Å². The van der Waals surface area contributed by atoms with Crippen LogP contribution in [0, 0.1) is 0 Å². The molecule has 0 fully saturated rings. The Hall–Kier alpha value is -3.36. The van der Waals surface area contributed by atoms with E-state index in [0.717, 1.165) is 0 Å². The molecule has 0 bridgehead atoms. The molecule has 2 N–H and O–H groups in total. The van der Waals surface area contributed by atoms with Crippen molar-refractivity contribution >= 4 is 45.8 Å². The summed E-state index contributed by atoms with van der Waals surface area (Å²) >= 11 is 12.2. The zero-order chi connectivity index (χ0) is 25.0. The molecule has 5 nitrogen and oxygen atoms in total. The van der Waals surface area contributed by atoms with Crippen molar-refractivity contribution in [3.63, 3.8) is 0 Å². The summed E-state index contributed by atoms with van der Waals surface area (Å²) in [5, 5.41) is 3.04. The Morgan fingerprint density at radius 3 is 2.34 bits per heavy atom. The predicted octanol–water partition coefficient (Wildman–Crippen LogP) is 7.02. The second-order valence-electron chi connectivity index (χ2n) is 8.17. The maximum absolute atomic E-state index is 15.1. The lowest BCUT2D eigenvalue weighted by atomic mass is 9.79. The summed E-state index contributed by atoms with van der Waals surface area (Å²) in [6, 6.07) is 14.7. The number of hydrogen-bond acceptors (Lipinski definition) is 2. The highest BCUT2D eigenvalue weighted by atomic mass is 35.5. The van der Waals surface area contributed by atoms with E-state index in [1.807, 2.05) is 0 Å². The number of anilines is 1. The molecular weight excluding hydrogens is 502 g/mol. The molecule has 1 aliphatic heterocycles. The number of halogens is 5. The van der Waals surface area contributed by atoms with Crippen molar-refractivity contribution < 1.29 is 22.7 Å². The minimum absolute atomic E-state index is 0.0435. The minimum Gasteiger partial charge on any atom is -0.497 e. The van der Waals surface area contributed by atoms with Crippen molar-refractivity contribution in [3.05, 3.63) is 93.6 Å². The summed E-state index contributed by atoms with van der Waals surface area (Å²) in [6.45, 7) is 0.0435. The van der Waals surface area contributed by atoms with E-state index in [2.05, 4.69) is 10.3 Å². The Bertz CT molecular complexity index is 1440. The maximum Gasteiger partial charge on any atom is 0.420 e. The number of aromatic nitrogens is 1. The van der Waals surface area contributed by atoms with Crippen molar-refractivity contribution in [2.24, 2.45) is 0 Å². The Kier molecular flexibility index (Phi) is 5.61. The Morgan fingerprint density at radius 2 is 1.66 bits per heavy atom. The van der Waals surface area contributed by atoms with Gasteiger partial charge in [-0.2, -0.15) is 13.2 Å². The summed E-state index contributed by atoms with van der Waals surface area (Å²) in [4.78, 5) is 17.5. The normalized spacial score (nSPS) is 17.9. The quantitative estimate of drug-likeness (QED) is 0.304. The Balaban J connectivity index is 1.71. The van der Waals surface area contributed by atoms with Crippen molar-refractivity contribution in [1.82, 2.24) is 10.3 Å². The van der Waals surface area contributed by atoms with E-state index in [4.69, 9.17) is 27.9 Å². The van der Waals surface area contributed by atoms with E-state index in [9.17, 15) is 4.79 Å². The average molecular weight is 520 g/mol. The number of rotatable bonds is 4. The fourth-order valence-corrected chi connectivity index (χ4v) is 4.86. The van der Waals surface area contributed by atoms with Crippen LogP contribution >= 0.6 is 23.2 Å². The fraction of sp³-hybridized carbons (Fsp3) is 0.160. The standard InChI is InChI=1S/C25H18Cl2F3N3O2/c1-35-17-6-2-14(3-7-17)13-33-22-9-5-15(26)10-19(22)24(25(28,29)30,32-23(33)34)20-12-31-21-11-16(27)4-8-18(20)21/h2-12,31H,13H2,1H3,(H,32,34)/t24-/m1/s1. The van der Waals surface area contributed by atoms with E-state index in [1.165, 1.54) is 54.6 Å². The van der Waals surface area contributed by atoms with Crippen LogP contribution in [0.2, 0.25) is 10.0 Å². The maximum atomic E-state index is 15.1. The van der Waals surface area contributed by atoms with Crippen LogP contribution in [0.4, 0.5) is 23.7 Å². The molecular formula is C25H18Cl2F3N3O2. The van der Waals surface area contributed by atoms with Gasteiger partial charge in [0.1, 0.15) is 5.75 Å². The van der Waals surface area contributed by atoms with Gasteiger partial charge in [-0.25, -0.2) is 4.79 Å². The molecule has 2 amide bonds. The third-order valence-electron chi connectivity index (χ3n) is 6.17. The number of ether oxygens (including phenoxy) is 1. The van der Waals surface area contributed by atoms with Gasteiger partial charge in [-0.05, 0) is 48.0 Å². The third kappa shape index (κ3) is 3.77. The summed E-state index contributed by atoms with van der Waals surface area (Å²) in [5.41, 5.74) is -1.95. The number of aromatic amines is 1. The number of urea groups is 1. The van der Waals surface area contributed by atoms with E-state index in [1.54, 1.807) is 24.3 Å². The summed E-state index contributed by atoms with van der Waals surface area (Å²) < 4.78 is 50.3. The molecule has 10 heteroatoms. The summed E-state index contributed by atoms with van der Waals surface area (Å²) in [6.07, 6.45) is -3.65. The van der Waals surface area contributed by atoms with Crippen molar-refractivity contribution in [2.45, 2.75) is 18.3 Å². The number of amides is 2. The van der Waals surface area contributed by atoms with Gasteiger partial charge in [0, 0.05) is 38.3 Å². The minimum atomic E-state index is -4.90. The molecule has 5 rings (SSSR count). The lowest BCUT2D eigenvalue weighted by molar-refractivity contribution is -0.184. The molecule has 180 valence electrons. The van der Waals surface area contributed by atoms with Gasteiger partial charge in [-0.3, -0.25) is 4.90 Å². The summed E-state index contributed by atoms with van der Waals surface area (Å²) in [5.74, 6) is 0.625. The molecule has 1 atom stereocenters. The van der Waals surface area contributed by atoms with Gasteiger partial charge in [0.25, 0.3) is 0 Å². The van der Waals surface area contributed by atoms with Gasteiger partial charge >= 0.3 is 12.2 Å². The monoisotopic (exact) mass is 519 g/mol. The number of nitrogens with zero attached hydrogens (tertiary/aromatic N) is 1. The van der Waals surface area contributed by atoms with Gasteiger partial charge in [-0.15, -0.1) is 0 Å². The molecule has 4 aromatic rings. The van der Waals surface area contributed by atoms with Crippen LogP contribution in [-0.2, 0) is 12.1 Å². The van der Waals surface area contributed by atoms with Gasteiger partial charge in [0.15, 0.2) is 5.54 Å². The van der Waals surface area contributed by atoms with Crippen LogP contribution in [0.25, 0.3) is 10.9 Å². The van der Waals surface area contributed by atoms with Crippen LogP contribution in [0.3, 0.4) is 0 Å². The molecule has 1 aromatic heterocycles. The van der Waals surface area contributed by atoms with Crippen LogP contribution in [-0.4, -0.2) is 24.3 Å². The molecule has 0 radical (unpaired) electrons. The topological polar surface area (TPSA) is 57.4 Å². The van der Waals surface area contributed by atoms with E-state index < -0.39 is 17.7 Å².